The third kappa shape index (κ3) is 4.87. The number of likely N-dealkylation sites (tertiary alicyclic amines) is 1. The van der Waals surface area contributed by atoms with Gasteiger partial charge in [-0.15, -0.1) is 0 Å². The summed E-state index contributed by atoms with van der Waals surface area (Å²) in [6.07, 6.45) is 6.21. The second-order valence-electron chi connectivity index (χ2n) is 6.24. The van der Waals surface area contributed by atoms with Gasteiger partial charge in [-0.3, -0.25) is 24.5 Å². The number of piperidine rings is 1. The van der Waals surface area contributed by atoms with Crippen molar-refractivity contribution in [3.63, 3.8) is 0 Å². The number of nitro groups is 1. The Kier molecular flexibility index (Phi) is 5.39. The highest BCUT2D eigenvalue weighted by atomic mass is 16.6. The van der Waals surface area contributed by atoms with E-state index in [4.69, 9.17) is 0 Å². The monoisotopic (exact) mass is 343 g/mol. The van der Waals surface area contributed by atoms with Gasteiger partial charge in [0.2, 0.25) is 5.91 Å². The largest absolute Gasteiger partial charge is 0.324 e. The van der Waals surface area contributed by atoms with Crippen LogP contribution in [0.4, 0.5) is 11.4 Å². The number of hydrogen-bond acceptors (Lipinski definition) is 5. The van der Waals surface area contributed by atoms with E-state index in [0.717, 1.165) is 25.8 Å². The molecule has 1 aliphatic rings. The fourth-order valence-electron chi connectivity index (χ4n) is 2.95. The van der Waals surface area contributed by atoms with Gasteiger partial charge in [0.15, 0.2) is 0 Å². The predicted octanol–water partition coefficient (Wildman–Crippen LogP) is 2.42. The molecule has 3 rings (SSSR count). The van der Waals surface area contributed by atoms with E-state index in [0.29, 0.717) is 5.69 Å². The van der Waals surface area contributed by atoms with Gasteiger partial charge in [0, 0.05) is 12.2 Å². The molecule has 1 fully saturated rings. The Morgan fingerprint density at radius 2 is 1.92 bits per heavy atom. The molecule has 0 radical (unpaired) electrons. The van der Waals surface area contributed by atoms with Crippen LogP contribution in [0.3, 0.4) is 0 Å². The van der Waals surface area contributed by atoms with Crippen LogP contribution in [-0.2, 0) is 17.9 Å². The first-order chi connectivity index (χ1) is 12.1. The molecule has 0 saturated carbocycles. The molecular weight excluding hydrogens is 322 g/mol. The maximum Gasteiger partial charge on any atom is 0.307 e. The van der Waals surface area contributed by atoms with Crippen molar-refractivity contribution in [2.45, 2.75) is 32.4 Å². The van der Waals surface area contributed by atoms with Gasteiger partial charge in [0.1, 0.15) is 18.9 Å². The lowest BCUT2D eigenvalue weighted by molar-refractivity contribution is -0.385. The number of aromatic nitrogens is 2. The van der Waals surface area contributed by atoms with Crippen LogP contribution in [0, 0.1) is 10.1 Å². The molecule has 1 aliphatic heterocycles. The topological polar surface area (TPSA) is 93.3 Å². The van der Waals surface area contributed by atoms with Crippen LogP contribution in [0.5, 0.6) is 0 Å². The fourth-order valence-corrected chi connectivity index (χ4v) is 2.95. The van der Waals surface area contributed by atoms with E-state index in [1.165, 1.54) is 35.7 Å². The van der Waals surface area contributed by atoms with E-state index in [1.54, 1.807) is 0 Å². The zero-order valence-electron chi connectivity index (χ0n) is 13.9. The van der Waals surface area contributed by atoms with Crippen molar-refractivity contribution in [1.29, 1.82) is 0 Å². The van der Waals surface area contributed by atoms with Crippen molar-refractivity contribution in [1.82, 2.24) is 14.7 Å². The molecule has 0 atom stereocenters. The summed E-state index contributed by atoms with van der Waals surface area (Å²) in [5, 5.41) is 17.2. The van der Waals surface area contributed by atoms with Crippen LogP contribution < -0.4 is 5.32 Å². The Morgan fingerprint density at radius 1 is 1.20 bits per heavy atom. The quantitative estimate of drug-likeness (QED) is 0.642. The molecule has 0 bridgehead atoms. The molecule has 1 amide bonds. The molecule has 0 unspecified atom stereocenters. The highest BCUT2D eigenvalue weighted by Crippen LogP contribution is 2.15. The van der Waals surface area contributed by atoms with Crippen molar-refractivity contribution in [3.05, 3.63) is 52.3 Å². The number of nitrogens with one attached hydrogen (secondary N) is 1. The molecular formula is C17H21N5O3. The number of rotatable bonds is 6. The van der Waals surface area contributed by atoms with E-state index in [1.807, 2.05) is 24.3 Å². The molecule has 1 N–H and O–H groups in total. The first-order valence-electron chi connectivity index (χ1n) is 8.38. The highest BCUT2D eigenvalue weighted by molar-refractivity contribution is 5.90. The van der Waals surface area contributed by atoms with Gasteiger partial charge in [-0.25, -0.2) is 0 Å². The number of carbonyl (C=O) groups is 1. The van der Waals surface area contributed by atoms with E-state index >= 15 is 0 Å². The molecule has 8 nitrogen and oxygen atoms in total. The standard InChI is InChI=1S/C17H21N5O3/c23-17(13-21-12-16(10-18-21)22(24)25)19-15-6-4-14(5-7-15)11-20-8-2-1-3-9-20/h4-7,10,12H,1-3,8-9,11,13H2,(H,19,23). The van der Waals surface area contributed by atoms with Crippen molar-refractivity contribution in [3.8, 4) is 0 Å². The van der Waals surface area contributed by atoms with Gasteiger partial charge in [0.25, 0.3) is 0 Å². The first kappa shape index (κ1) is 17.1. The molecule has 2 heterocycles. The lowest BCUT2D eigenvalue weighted by Crippen LogP contribution is -2.29. The fraction of sp³-hybridized carbons (Fsp3) is 0.412. The van der Waals surface area contributed by atoms with Gasteiger partial charge in [-0.05, 0) is 43.6 Å². The summed E-state index contributed by atoms with van der Waals surface area (Å²) in [5.41, 5.74) is 1.80. The molecule has 2 aromatic rings. The van der Waals surface area contributed by atoms with Gasteiger partial charge in [-0.1, -0.05) is 18.6 Å². The highest BCUT2D eigenvalue weighted by Gasteiger charge is 2.12. The third-order valence-corrected chi connectivity index (χ3v) is 4.23. The van der Waals surface area contributed by atoms with Crippen LogP contribution >= 0.6 is 0 Å². The second-order valence-corrected chi connectivity index (χ2v) is 6.24. The summed E-state index contributed by atoms with van der Waals surface area (Å²) < 4.78 is 1.25. The number of benzene rings is 1. The summed E-state index contributed by atoms with van der Waals surface area (Å²) in [4.78, 5) is 24.5. The smallest absolute Gasteiger partial charge is 0.307 e. The summed E-state index contributed by atoms with van der Waals surface area (Å²) in [6.45, 7) is 3.16. The van der Waals surface area contributed by atoms with E-state index in [2.05, 4.69) is 15.3 Å². The Labute approximate surface area is 145 Å². The molecule has 1 aromatic heterocycles. The third-order valence-electron chi connectivity index (χ3n) is 4.23. The van der Waals surface area contributed by atoms with Crippen LogP contribution in [0.1, 0.15) is 24.8 Å². The number of anilines is 1. The van der Waals surface area contributed by atoms with E-state index in [-0.39, 0.29) is 18.1 Å². The summed E-state index contributed by atoms with van der Waals surface area (Å²) >= 11 is 0. The lowest BCUT2D eigenvalue weighted by atomic mass is 10.1. The molecule has 0 aliphatic carbocycles. The maximum atomic E-state index is 12.0. The first-order valence-corrected chi connectivity index (χ1v) is 8.38. The van der Waals surface area contributed by atoms with Crippen molar-refractivity contribution in [2.24, 2.45) is 0 Å². The molecule has 25 heavy (non-hydrogen) atoms. The van der Waals surface area contributed by atoms with Crippen LogP contribution in [0.15, 0.2) is 36.7 Å². The molecule has 1 aromatic carbocycles. The summed E-state index contributed by atoms with van der Waals surface area (Å²) in [6, 6.07) is 7.79. The van der Waals surface area contributed by atoms with Gasteiger partial charge in [-0.2, -0.15) is 5.10 Å². The zero-order chi connectivity index (χ0) is 17.6. The maximum absolute atomic E-state index is 12.0. The van der Waals surface area contributed by atoms with Crippen LogP contribution in [0.2, 0.25) is 0 Å². The normalized spacial score (nSPS) is 15.0. The number of amides is 1. The van der Waals surface area contributed by atoms with Gasteiger partial charge < -0.3 is 5.32 Å². The minimum absolute atomic E-state index is 0.0661. The average molecular weight is 343 g/mol. The van der Waals surface area contributed by atoms with E-state index < -0.39 is 4.92 Å². The Morgan fingerprint density at radius 3 is 2.56 bits per heavy atom. The number of carbonyl (C=O) groups excluding carboxylic acids is 1. The van der Waals surface area contributed by atoms with Crippen LogP contribution in [0.25, 0.3) is 0 Å². The van der Waals surface area contributed by atoms with E-state index in [9.17, 15) is 14.9 Å². The van der Waals surface area contributed by atoms with Crippen molar-refractivity contribution < 1.29 is 9.72 Å². The second kappa shape index (κ2) is 7.89. The predicted molar refractivity (Wildman–Crippen MR) is 93.1 cm³/mol. The minimum Gasteiger partial charge on any atom is -0.324 e. The Bertz CT molecular complexity index is 735. The zero-order valence-corrected chi connectivity index (χ0v) is 13.9. The molecule has 1 saturated heterocycles. The number of hydrogen-bond donors (Lipinski definition) is 1. The molecule has 8 heteroatoms. The lowest BCUT2D eigenvalue weighted by Gasteiger charge is -2.26. The Hall–Kier alpha value is -2.74. The van der Waals surface area contributed by atoms with Crippen molar-refractivity contribution >= 4 is 17.3 Å². The van der Waals surface area contributed by atoms with Crippen molar-refractivity contribution in [2.75, 3.05) is 18.4 Å². The molecule has 132 valence electrons. The Balaban J connectivity index is 1.51. The minimum atomic E-state index is -0.539. The SMILES string of the molecule is O=C(Cn1cc([N+](=O)[O-])cn1)Nc1ccc(CN2CCCCC2)cc1. The van der Waals surface area contributed by atoms with Gasteiger partial charge in [0.05, 0.1) is 4.92 Å². The van der Waals surface area contributed by atoms with Gasteiger partial charge >= 0.3 is 5.69 Å². The summed E-state index contributed by atoms with van der Waals surface area (Å²) in [5.74, 6) is -0.276. The summed E-state index contributed by atoms with van der Waals surface area (Å²) in [7, 11) is 0. The molecule has 0 spiro atoms. The average Bonchev–Trinajstić information content (AvgIpc) is 3.06. The number of nitrogens with zero attached hydrogens (tertiary/aromatic N) is 4. The van der Waals surface area contributed by atoms with Crippen LogP contribution in [-0.4, -0.2) is 38.6 Å².